The second kappa shape index (κ2) is 11.5. The molecule has 2 fully saturated rings. The van der Waals surface area contributed by atoms with E-state index in [0.717, 1.165) is 22.4 Å². The SMILES string of the molecule is C#C[C@@]12OC(C)(C)O[C@@H]1[C@](CC)(CF)O[C@H]2n1cnc2c(NC(c3ccccc3)(c3ccccc3)c3ccc(OC)cc3)ncnc21. The van der Waals surface area contributed by atoms with Crippen LogP contribution in [-0.2, 0) is 19.7 Å². The maximum absolute atomic E-state index is 14.9. The smallest absolute Gasteiger partial charge is 0.205 e. The summed E-state index contributed by atoms with van der Waals surface area (Å²) < 4.78 is 41.2. The van der Waals surface area contributed by atoms with E-state index in [2.05, 4.69) is 40.5 Å². The van der Waals surface area contributed by atoms with Gasteiger partial charge in [0.15, 0.2) is 29.0 Å². The van der Waals surface area contributed by atoms with Crippen LogP contribution in [0.3, 0.4) is 0 Å². The standard InChI is InChI=1S/C37H36FN5O4/c1-6-35(22-38)32-36(7-2,47-34(3,4)45-32)33(46-35)43-24-41-29-30(39-23-40-31(29)43)42-37(25-14-10-8-11-15-25,26-16-12-9-13-17-26)27-18-20-28(44-5)21-19-27/h2,8-21,23-24,32-33H,6,22H2,1,3-5H3,(H,39,40,42)/t32-,33-,35+,36-/m1/s1. The van der Waals surface area contributed by atoms with Crippen molar-refractivity contribution in [1.29, 1.82) is 0 Å². The summed E-state index contributed by atoms with van der Waals surface area (Å²) in [6.45, 7) is 4.57. The van der Waals surface area contributed by atoms with Gasteiger partial charge in [0.1, 0.15) is 36.0 Å². The first-order valence-electron chi connectivity index (χ1n) is 15.6. The predicted octanol–water partition coefficient (Wildman–Crippen LogP) is 6.41. The monoisotopic (exact) mass is 633 g/mol. The Labute approximate surface area is 273 Å². The van der Waals surface area contributed by atoms with Crippen LogP contribution in [-0.4, -0.2) is 56.4 Å². The molecule has 2 saturated heterocycles. The summed E-state index contributed by atoms with van der Waals surface area (Å²) in [5, 5.41) is 3.78. The number of aromatic nitrogens is 4. The highest BCUT2D eigenvalue weighted by Crippen LogP contribution is 2.56. The minimum atomic E-state index is -1.43. The zero-order chi connectivity index (χ0) is 32.9. The summed E-state index contributed by atoms with van der Waals surface area (Å²) in [6.07, 6.45) is 7.72. The number of nitrogens with one attached hydrogen (secondary N) is 1. The van der Waals surface area contributed by atoms with Crippen LogP contribution in [0.4, 0.5) is 10.2 Å². The normalized spacial score (nSPS) is 24.9. The first-order valence-corrected chi connectivity index (χ1v) is 15.6. The molecule has 0 bridgehead atoms. The number of fused-ring (bicyclic) bond motifs is 2. The topological polar surface area (TPSA) is 92.6 Å². The fourth-order valence-electron chi connectivity index (χ4n) is 7.04. The average Bonchev–Trinajstić information content (AvgIpc) is 3.75. The number of alkyl halides is 1. The van der Waals surface area contributed by atoms with E-state index >= 15 is 0 Å². The lowest BCUT2D eigenvalue weighted by atomic mass is 9.77. The minimum absolute atomic E-state index is 0.320. The molecule has 47 heavy (non-hydrogen) atoms. The number of ether oxygens (including phenoxy) is 4. The van der Waals surface area contributed by atoms with E-state index in [4.69, 9.17) is 35.3 Å². The van der Waals surface area contributed by atoms with Gasteiger partial charge in [-0.25, -0.2) is 19.3 Å². The largest absolute Gasteiger partial charge is 0.497 e. The predicted molar refractivity (Wildman–Crippen MR) is 175 cm³/mol. The number of nitrogens with zero attached hydrogens (tertiary/aromatic N) is 4. The maximum atomic E-state index is 14.9. The van der Waals surface area contributed by atoms with Crippen molar-refractivity contribution < 1.29 is 23.3 Å². The van der Waals surface area contributed by atoms with Gasteiger partial charge in [0.05, 0.1) is 13.4 Å². The molecule has 9 nitrogen and oxygen atoms in total. The van der Waals surface area contributed by atoms with Gasteiger partial charge in [0.2, 0.25) is 5.60 Å². The van der Waals surface area contributed by atoms with Crippen molar-refractivity contribution >= 4 is 17.0 Å². The third-order valence-corrected chi connectivity index (χ3v) is 9.30. The Morgan fingerprint density at radius 3 is 2.15 bits per heavy atom. The molecule has 4 heterocycles. The molecule has 0 spiro atoms. The van der Waals surface area contributed by atoms with Crippen molar-refractivity contribution in [2.45, 2.75) is 62.1 Å². The van der Waals surface area contributed by atoms with Crippen LogP contribution >= 0.6 is 0 Å². The van der Waals surface area contributed by atoms with Crippen LogP contribution in [0.2, 0.25) is 0 Å². The first-order chi connectivity index (χ1) is 22.8. The van der Waals surface area contributed by atoms with E-state index < -0.39 is 41.5 Å². The van der Waals surface area contributed by atoms with Crippen LogP contribution in [0.5, 0.6) is 5.75 Å². The Kier molecular flexibility index (Phi) is 7.51. The third-order valence-electron chi connectivity index (χ3n) is 9.30. The van der Waals surface area contributed by atoms with Crippen LogP contribution < -0.4 is 10.1 Å². The van der Waals surface area contributed by atoms with Gasteiger partial charge in [-0.1, -0.05) is 85.6 Å². The van der Waals surface area contributed by atoms with E-state index in [1.54, 1.807) is 31.9 Å². The molecular weight excluding hydrogens is 597 g/mol. The lowest BCUT2D eigenvalue weighted by Crippen LogP contribution is -2.49. The van der Waals surface area contributed by atoms with Gasteiger partial charge in [-0.3, -0.25) is 4.57 Å². The van der Waals surface area contributed by atoms with Crippen molar-refractivity contribution in [2.75, 3.05) is 19.1 Å². The summed E-state index contributed by atoms with van der Waals surface area (Å²) in [5.41, 5.74) is 0.146. The number of anilines is 1. The second-order valence-electron chi connectivity index (χ2n) is 12.3. The summed E-state index contributed by atoms with van der Waals surface area (Å²) in [6, 6.07) is 28.2. The highest BCUT2D eigenvalue weighted by atomic mass is 19.1. The Morgan fingerprint density at radius 2 is 1.57 bits per heavy atom. The maximum Gasteiger partial charge on any atom is 0.205 e. The van der Waals surface area contributed by atoms with Crippen molar-refractivity contribution in [1.82, 2.24) is 19.5 Å². The van der Waals surface area contributed by atoms with Gasteiger partial charge < -0.3 is 24.3 Å². The zero-order valence-electron chi connectivity index (χ0n) is 26.7. The molecule has 2 aliphatic heterocycles. The van der Waals surface area contributed by atoms with Crippen molar-refractivity contribution in [3.05, 3.63) is 114 Å². The molecule has 2 aliphatic rings. The number of terminal acetylenes is 1. The fourth-order valence-corrected chi connectivity index (χ4v) is 7.04. The minimum Gasteiger partial charge on any atom is -0.497 e. The molecule has 0 unspecified atom stereocenters. The average molecular weight is 634 g/mol. The van der Waals surface area contributed by atoms with Gasteiger partial charge in [0.25, 0.3) is 0 Å². The number of hydrogen-bond acceptors (Lipinski definition) is 8. The van der Waals surface area contributed by atoms with Crippen LogP contribution in [0.1, 0.15) is 50.1 Å². The van der Waals surface area contributed by atoms with E-state index in [9.17, 15) is 4.39 Å². The van der Waals surface area contributed by atoms with Gasteiger partial charge in [-0.05, 0) is 49.1 Å². The number of methoxy groups -OCH3 is 1. The van der Waals surface area contributed by atoms with E-state index in [0.29, 0.717) is 23.4 Å². The number of imidazole rings is 1. The molecule has 10 heteroatoms. The van der Waals surface area contributed by atoms with Crippen LogP contribution in [0.15, 0.2) is 97.6 Å². The molecule has 0 amide bonds. The molecule has 240 valence electrons. The number of rotatable bonds is 9. The van der Waals surface area contributed by atoms with Crippen molar-refractivity contribution in [2.24, 2.45) is 0 Å². The highest BCUT2D eigenvalue weighted by Gasteiger charge is 2.72. The molecule has 2 aromatic heterocycles. The third kappa shape index (κ3) is 4.68. The van der Waals surface area contributed by atoms with Gasteiger partial charge in [-0.15, -0.1) is 6.42 Å². The summed E-state index contributed by atoms with van der Waals surface area (Å²) >= 11 is 0. The molecule has 0 radical (unpaired) electrons. The summed E-state index contributed by atoms with van der Waals surface area (Å²) in [5.74, 6) is 2.94. The molecule has 3 aromatic carbocycles. The van der Waals surface area contributed by atoms with Gasteiger partial charge >= 0.3 is 0 Å². The fraction of sp³-hybridized carbons (Fsp3) is 0.324. The van der Waals surface area contributed by atoms with Crippen LogP contribution in [0, 0.1) is 12.3 Å². The number of halogens is 1. The zero-order valence-corrected chi connectivity index (χ0v) is 26.7. The van der Waals surface area contributed by atoms with Crippen molar-refractivity contribution in [3.8, 4) is 18.1 Å². The number of benzene rings is 3. The quantitative estimate of drug-likeness (QED) is 0.147. The Hall–Kier alpha value is -4.82. The summed E-state index contributed by atoms with van der Waals surface area (Å²) in [4.78, 5) is 14.1. The Morgan fingerprint density at radius 1 is 0.936 bits per heavy atom. The molecule has 4 atom stereocenters. The van der Waals surface area contributed by atoms with Crippen molar-refractivity contribution in [3.63, 3.8) is 0 Å². The highest BCUT2D eigenvalue weighted by molar-refractivity contribution is 5.84. The molecule has 1 N–H and O–H groups in total. The first kappa shape index (κ1) is 30.8. The summed E-state index contributed by atoms with van der Waals surface area (Å²) in [7, 11) is 1.64. The molecule has 5 aromatic rings. The lowest BCUT2D eigenvalue weighted by Gasteiger charge is -2.37. The molecular formula is C37H36FN5O4. The Bertz CT molecular complexity index is 1880. The van der Waals surface area contributed by atoms with Gasteiger partial charge in [-0.2, -0.15) is 0 Å². The van der Waals surface area contributed by atoms with E-state index in [1.807, 2.05) is 67.6 Å². The Balaban J connectivity index is 1.41. The van der Waals surface area contributed by atoms with E-state index in [-0.39, 0.29) is 0 Å². The molecule has 7 rings (SSSR count). The second-order valence-corrected chi connectivity index (χ2v) is 12.3. The van der Waals surface area contributed by atoms with Crippen LogP contribution in [0.25, 0.3) is 11.2 Å². The molecule has 0 aliphatic carbocycles. The molecule has 0 saturated carbocycles. The number of hydrogen-bond donors (Lipinski definition) is 1. The van der Waals surface area contributed by atoms with Gasteiger partial charge in [0, 0.05) is 0 Å². The lowest BCUT2D eigenvalue weighted by molar-refractivity contribution is -0.230. The van der Waals surface area contributed by atoms with E-state index in [1.165, 1.54) is 6.33 Å².